The van der Waals surface area contributed by atoms with Crippen molar-refractivity contribution in [1.82, 2.24) is 20.4 Å². The largest absolute Gasteiger partial charge is 0.379 e. The van der Waals surface area contributed by atoms with Gasteiger partial charge in [-0.3, -0.25) is 9.67 Å². The summed E-state index contributed by atoms with van der Waals surface area (Å²) in [7, 11) is 3.69. The molecule has 0 aliphatic rings. The number of aliphatic imine (C=N–C) groups is 1. The molecule has 7 nitrogen and oxygen atoms in total. The molecule has 0 radical (unpaired) electrons. The molecule has 1 rings (SSSR count). The zero-order chi connectivity index (χ0) is 16.8. The van der Waals surface area contributed by atoms with Crippen LogP contribution in [-0.4, -0.2) is 62.3 Å². The number of guanidine groups is 1. The van der Waals surface area contributed by atoms with E-state index < -0.39 is 0 Å². The van der Waals surface area contributed by atoms with Gasteiger partial charge in [-0.1, -0.05) is 13.3 Å². The van der Waals surface area contributed by atoms with E-state index in [1.807, 2.05) is 24.1 Å². The number of hydrogen-bond acceptors (Lipinski definition) is 4. The number of unbranched alkanes of at least 4 members (excludes halogenated alkanes) is 1. The first kappa shape index (κ1) is 19.4. The Balaban J connectivity index is 1.97. The minimum atomic E-state index is 0.637. The van der Waals surface area contributed by atoms with Crippen LogP contribution in [0.2, 0.25) is 0 Å². The van der Waals surface area contributed by atoms with Gasteiger partial charge in [0, 0.05) is 40.0 Å². The van der Waals surface area contributed by atoms with Crippen LogP contribution in [0.5, 0.6) is 0 Å². The molecule has 0 spiro atoms. The summed E-state index contributed by atoms with van der Waals surface area (Å²) in [6.07, 6.45) is 7.10. The van der Waals surface area contributed by atoms with Crippen LogP contribution < -0.4 is 10.6 Å². The predicted molar refractivity (Wildman–Crippen MR) is 92.8 cm³/mol. The fourth-order valence-corrected chi connectivity index (χ4v) is 1.96. The van der Waals surface area contributed by atoms with E-state index in [9.17, 15) is 0 Å². The van der Waals surface area contributed by atoms with Crippen LogP contribution in [0.4, 0.5) is 0 Å². The Labute approximate surface area is 139 Å². The predicted octanol–water partition coefficient (Wildman–Crippen LogP) is 0.961. The van der Waals surface area contributed by atoms with Crippen molar-refractivity contribution in [2.24, 2.45) is 12.0 Å². The molecule has 0 bridgehead atoms. The zero-order valence-electron chi connectivity index (χ0n) is 14.7. The maximum Gasteiger partial charge on any atom is 0.191 e. The van der Waals surface area contributed by atoms with Crippen LogP contribution in [0.3, 0.4) is 0 Å². The SMILES string of the molecule is CCCCOCCOCCNC(=NC)NCCc1cnn(C)c1. The standard InChI is InChI=1S/C16H31N5O2/c1-4-5-9-22-11-12-23-10-8-19-16(17-2)18-7-6-15-13-20-21(3)14-15/h13-14H,4-12H2,1-3H3,(H2,17,18,19). The second-order valence-electron chi connectivity index (χ2n) is 5.28. The lowest BCUT2D eigenvalue weighted by Crippen LogP contribution is -2.39. The number of nitrogens with zero attached hydrogens (tertiary/aromatic N) is 3. The molecule has 132 valence electrons. The molecule has 1 aromatic rings. The number of aromatic nitrogens is 2. The van der Waals surface area contributed by atoms with Crippen LogP contribution in [0.25, 0.3) is 0 Å². The molecule has 0 atom stereocenters. The molecule has 0 amide bonds. The van der Waals surface area contributed by atoms with Crippen molar-refractivity contribution in [2.75, 3.05) is 46.6 Å². The van der Waals surface area contributed by atoms with Crippen molar-refractivity contribution in [3.8, 4) is 0 Å². The maximum absolute atomic E-state index is 5.50. The monoisotopic (exact) mass is 325 g/mol. The van der Waals surface area contributed by atoms with Crippen molar-refractivity contribution in [3.63, 3.8) is 0 Å². The highest BCUT2D eigenvalue weighted by atomic mass is 16.5. The lowest BCUT2D eigenvalue weighted by Gasteiger charge is -2.11. The Hall–Kier alpha value is -1.60. The normalized spacial score (nSPS) is 11.7. The molecular weight excluding hydrogens is 294 g/mol. The van der Waals surface area contributed by atoms with Gasteiger partial charge in [0.25, 0.3) is 0 Å². The molecule has 0 unspecified atom stereocenters. The fraction of sp³-hybridized carbons (Fsp3) is 0.750. The van der Waals surface area contributed by atoms with E-state index in [4.69, 9.17) is 9.47 Å². The van der Waals surface area contributed by atoms with Gasteiger partial charge in [0.05, 0.1) is 26.0 Å². The highest BCUT2D eigenvalue weighted by Crippen LogP contribution is 1.95. The van der Waals surface area contributed by atoms with E-state index in [-0.39, 0.29) is 0 Å². The van der Waals surface area contributed by atoms with Crippen molar-refractivity contribution in [3.05, 3.63) is 18.0 Å². The lowest BCUT2D eigenvalue weighted by molar-refractivity contribution is 0.0487. The summed E-state index contributed by atoms with van der Waals surface area (Å²) < 4.78 is 12.7. The van der Waals surface area contributed by atoms with Crippen LogP contribution >= 0.6 is 0 Å². The van der Waals surface area contributed by atoms with Crippen LogP contribution in [0, 0.1) is 0 Å². The molecule has 7 heteroatoms. The Morgan fingerprint density at radius 2 is 1.91 bits per heavy atom. The quantitative estimate of drug-likeness (QED) is 0.340. The van der Waals surface area contributed by atoms with Gasteiger partial charge in [-0.2, -0.15) is 5.10 Å². The molecule has 1 heterocycles. The van der Waals surface area contributed by atoms with Crippen LogP contribution in [0.15, 0.2) is 17.4 Å². The number of rotatable bonds is 12. The van der Waals surface area contributed by atoms with E-state index in [1.165, 1.54) is 5.56 Å². The molecular formula is C16H31N5O2. The van der Waals surface area contributed by atoms with Gasteiger partial charge >= 0.3 is 0 Å². The summed E-state index contributed by atoms with van der Waals surface area (Å²) in [6, 6.07) is 0. The number of hydrogen-bond donors (Lipinski definition) is 2. The van der Waals surface area contributed by atoms with E-state index in [1.54, 1.807) is 7.05 Å². The third-order valence-corrected chi connectivity index (χ3v) is 3.24. The Morgan fingerprint density at radius 3 is 2.57 bits per heavy atom. The van der Waals surface area contributed by atoms with Gasteiger partial charge < -0.3 is 20.1 Å². The smallest absolute Gasteiger partial charge is 0.191 e. The molecule has 0 aliphatic heterocycles. The van der Waals surface area contributed by atoms with Crippen molar-refractivity contribution in [1.29, 1.82) is 0 Å². The highest BCUT2D eigenvalue weighted by Gasteiger charge is 1.99. The van der Waals surface area contributed by atoms with Crippen LogP contribution in [0.1, 0.15) is 25.3 Å². The van der Waals surface area contributed by atoms with Crippen molar-refractivity contribution >= 4 is 5.96 Å². The first-order valence-corrected chi connectivity index (χ1v) is 8.33. The lowest BCUT2D eigenvalue weighted by atomic mass is 10.2. The van der Waals surface area contributed by atoms with E-state index in [0.29, 0.717) is 19.8 Å². The topological polar surface area (TPSA) is 72.7 Å². The average molecular weight is 325 g/mol. The summed E-state index contributed by atoms with van der Waals surface area (Å²) in [5.41, 5.74) is 1.21. The summed E-state index contributed by atoms with van der Waals surface area (Å²) in [4.78, 5) is 4.19. The summed E-state index contributed by atoms with van der Waals surface area (Å²) in [6.45, 7) is 6.46. The van der Waals surface area contributed by atoms with Gasteiger partial charge in [0.15, 0.2) is 5.96 Å². The van der Waals surface area contributed by atoms with Gasteiger partial charge in [0.2, 0.25) is 0 Å². The fourth-order valence-electron chi connectivity index (χ4n) is 1.96. The maximum atomic E-state index is 5.50. The first-order chi connectivity index (χ1) is 11.3. The average Bonchev–Trinajstić information content (AvgIpc) is 2.97. The van der Waals surface area contributed by atoms with Crippen molar-refractivity contribution in [2.45, 2.75) is 26.2 Å². The minimum absolute atomic E-state index is 0.637. The van der Waals surface area contributed by atoms with Crippen molar-refractivity contribution < 1.29 is 9.47 Å². The molecule has 0 aliphatic carbocycles. The van der Waals surface area contributed by atoms with E-state index in [0.717, 1.165) is 44.9 Å². The number of ether oxygens (including phenoxy) is 2. The molecule has 0 saturated carbocycles. The molecule has 0 aromatic carbocycles. The van der Waals surface area contributed by atoms with Crippen LogP contribution in [-0.2, 0) is 22.9 Å². The van der Waals surface area contributed by atoms with E-state index in [2.05, 4.69) is 27.6 Å². The Bertz CT molecular complexity index is 434. The third kappa shape index (κ3) is 9.91. The third-order valence-electron chi connectivity index (χ3n) is 3.24. The summed E-state index contributed by atoms with van der Waals surface area (Å²) in [5.74, 6) is 0.789. The first-order valence-electron chi connectivity index (χ1n) is 8.33. The molecule has 2 N–H and O–H groups in total. The van der Waals surface area contributed by atoms with Gasteiger partial charge in [-0.25, -0.2) is 0 Å². The van der Waals surface area contributed by atoms with Gasteiger partial charge in [-0.05, 0) is 18.4 Å². The molecule has 0 saturated heterocycles. The highest BCUT2D eigenvalue weighted by molar-refractivity contribution is 5.79. The van der Waals surface area contributed by atoms with Gasteiger partial charge in [-0.15, -0.1) is 0 Å². The number of aryl methyl sites for hydroxylation is 1. The summed E-state index contributed by atoms with van der Waals surface area (Å²) >= 11 is 0. The Morgan fingerprint density at radius 1 is 1.17 bits per heavy atom. The second-order valence-corrected chi connectivity index (χ2v) is 5.28. The molecule has 23 heavy (non-hydrogen) atoms. The van der Waals surface area contributed by atoms with Gasteiger partial charge in [0.1, 0.15) is 0 Å². The number of nitrogens with one attached hydrogen (secondary N) is 2. The second kappa shape index (κ2) is 12.9. The zero-order valence-corrected chi connectivity index (χ0v) is 14.7. The minimum Gasteiger partial charge on any atom is -0.379 e. The van der Waals surface area contributed by atoms with E-state index >= 15 is 0 Å². The molecule has 0 fully saturated rings. The summed E-state index contributed by atoms with van der Waals surface area (Å²) in [5, 5.41) is 10.7. The molecule has 1 aromatic heterocycles. The Kier molecular flexibility index (Phi) is 10.9.